The van der Waals surface area contributed by atoms with E-state index < -0.39 is 0 Å². The lowest BCUT2D eigenvalue weighted by atomic mass is 10.0. The zero-order valence-corrected chi connectivity index (χ0v) is 18.4. The Bertz CT molecular complexity index is 1120. The van der Waals surface area contributed by atoms with Crippen LogP contribution in [0.1, 0.15) is 0 Å². The summed E-state index contributed by atoms with van der Waals surface area (Å²) in [4.78, 5) is 9.76. The third-order valence-electron chi connectivity index (χ3n) is 5.77. The van der Waals surface area contributed by atoms with E-state index in [1.807, 2.05) is 18.2 Å². The minimum absolute atomic E-state index is 0.898. The number of nitrogens with zero attached hydrogens (tertiary/aromatic N) is 3. The summed E-state index contributed by atoms with van der Waals surface area (Å²) in [5.74, 6) is 0.898. The summed E-state index contributed by atoms with van der Waals surface area (Å²) in [6.45, 7) is 3.94. The number of anilines is 2. The fourth-order valence-electron chi connectivity index (χ4n) is 3.96. The number of hydrogen-bond acceptors (Lipinski definition) is 5. The molecule has 1 aliphatic heterocycles. The topological polar surface area (TPSA) is 28.6 Å². The van der Waals surface area contributed by atoms with Gasteiger partial charge in [0.25, 0.3) is 0 Å². The molecule has 5 rings (SSSR count). The first-order valence-electron chi connectivity index (χ1n) is 10.6. The maximum Gasteiger partial charge on any atom is 0.185 e. The van der Waals surface area contributed by atoms with Crippen molar-refractivity contribution in [2.75, 3.05) is 43.1 Å². The first-order valence-corrected chi connectivity index (χ1v) is 11.4. The molecule has 0 saturated carbocycles. The van der Waals surface area contributed by atoms with E-state index in [1.165, 1.54) is 22.4 Å². The Labute approximate surface area is 187 Å². The number of piperazine rings is 1. The lowest BCUT2D eigenvalue weighted by molar-refractivity contribution is 0.415. The van der Waals surface area contributed by atoms with E-state index in [2.05, 4.69) is 75.8 Å². The van der Waals surface area contributed by atoms with Crippen LogP contribution >= 0.6 is 11.3 Å². The molecule has 2 heterocycles. The molecule has 0 atom stereocenters. The quantitative estimate of drug-likeness (QED) is 0.402. The van der Waals surface area contributed by atoms with E-state index in [0.717, 1.165) is 42.8 Å². The molecule has 0 bridgehead atoms. The number of methoxy groups -OCH3 is 1. The molecule has 3 aromatic carbocycles. The summed E-state index contributed by atoms with van der Waals surface area (Å²) in [6.07, 6.45) is 0. The van der Waals surface area contributed by atoms with Crippen LogP contribution in [0.2, 0.25) is 0 Å². The fraction of sp³-hybridized carbons (Fsp3) is 0.192. The highest BCUT2D eigenvalue weighted by Crippen LogP contribution is 2.30. The van der Waals surface area contributed by atoms with Crippen molar-refractivity contribution < 1.29 is 4.74 Å². The molecule has 1 fully saturated rings. The molecule has 1 aromatic heterocycles. The second-order valence-corrected chi connectivity index (χ2v) is 8.47. The summed E-state index contributed by atoms with van der Waals surface area (Å²) in [5.41, 5.74) is 5.94. The van der Waals surface area contributed by atoms with Crippen molar-refractivity contribution in [1.29, 1.82) is 0 Å². The van der Waals surface area contributed by atoms with Crippen LogP contribution in [0.15, 0.2) is 84.2 Å². The van der Waals surface area contributed by atoms with Crippen molar-refractivity contribution in [2.45, 2.75) is 0 Å². The monoisotopic (exact) mass is 427 g/mol. The molecule has 0 unspecified atom stereocenters. The van der Waals surface area contributed by atoms with E-state index in [-0.39, 0.29) is 0 Å². The molecule has 156 valence electrons. The molecule has 4 nitrogen and oxygen atoms in total. The van der Waals surface area contributed by atoms with Gasteiger partial charge in [-0.05, 0) is 35.4 Å². The van der Waals surface area contributed by atoms with Gasteiger partial charge in [-0.2, -0.15) is 0 Å². The summed E-state index contributed by atoms with van der Waals surface area (Å²) < 4.78 is 5.27. The van der Waals surface area contributed by atoms with Crippen LogP contribution < -0.4 is 14.5 Å². The Morgan fingerprint density at radius 1 is 0.710 bits per heavy atom. The van der Waals surface area contributed by atoms with Crippen LogP contribution in [0.3, 0.4) is 0 Å². The van der Waals surface area contributed by atoms with Gasteiger partial charge >= 0.3 is 0 Å². The second kappa shape index (κ2) is 8.82. The zero-order chi connectivity index (χ0) is 21.0. The lowest BCUT2D eigenvalue weighted by Gasteiger charge is -2.36. The third-order valence-corrected chi connectivity index (χ3v) is 6.67. The number of aromatic nitrogens is 1. The van der Waals surface area contributed by atoms with Crippen molar-refractivity contribution in [1.82, 2.24) is 4.98 Å². The van der Waals surface area contributed by atoms with Crippen LogP contribution in [0, 0.1) is 0 Å². The molecular formula is C26H25N3OS. The third kappa shape index (κ3) is 4.28. The van der Waals surface area contributed by atoms with Gasteiger partial charge in [0, 0.05) is 42.8 Å². The highest BCUT2D eigenvalue weighted by Gasteiger charge is 2.20. The first-order chi connectivity index (χ1) is 15.3. The van der Waals surface area contributed by atoms with Gasteiger partial charge in [-0.25, -0.2) is 4.98 Å². The summed E-state index contributed by atoms with van der Waals surface area (Å²) >= 11 is 1.73. The van der Waals surface area contributed by atoms with Crippen LogP contribution in [-0.4, -0.2) is 38.3 Å². The van der Waals surface area contributed by atoms with Gasteiger partial charge in [-0.15, -0.1) is 11.3 Å². The van der Waals surface area contributed by atoms with Crippen LogP contribution in [0.25, 0.3) is 22.4 Å². The average molecular weight is 428 g/mol. The highest BCUT2D eigenvalue weighted by atomic mass is 32.1. The van der Waals surface area contributed by atoms with Crippen molar-refractivity contribution in [3.8, 4) is 28.1 Å². The maximum atomic E-state index is 5.27. The average Bonchev–Trinajstić information content (AvgIpc) is 3.35. The van der Waals surface area contributed by atoms with Crippen molar-refractivity contribution in [3.05, 3.63) is 84.2 Å². The fourth-order valence-corrected chi connectivity index (χ4v) is 4.84. The number of ether oxygens (including phenoxy) is 1. The smallest absolute Gasteiger partial charge is 0.185 e. The van der Waals surface area contributed by atoms with Gasteiger partial charge in [0.15, 0.2) is 5.13 Å². The Balaban J connectivity index is 1.24. The van der Waals surface area contributed by atoms with Crippen LogP contribution in [0.5, 0.6) is 5.75 Å². The molecule has 0 aliphatic carbocycles. The number of benzene rings is 3. The minimum atomic E-state index is 0.898. The maximum absolute atomic E-state index is 5.27. The molecule has 0 N–H and O–H groups in total. The largest absolute Gasteiger partial charge is 0.497 e. The molecule has 0 radical (unpaired) electrons. The molecule has 31 heavy (non-hydrogen) atoms. The van der Waals surface area contributed by atoms with Crippen molar-refractivity contribution in [3.63, 3.8) is 0 Å². The van der Waals surface area contributed by atoms with Crippen LogP contribution in [0.4, 0.5) is 10.8 Å². The van der Waals surface area contributed by atoms with E-state index in [1.54, 1.807) is 18.4 Å². The van der Waals surface area contributed by atoms with E-state index >= 15 is 0 Å². The SMILES string of the molecule is COc1ccc(N2CCN(c3nc(-c4ccc(-c5ccccc5)cc4)cs3)CC2)cc1. The standard InChI is InChI=1S/C26H25N3OS/c1-30-24-13-11-23(12-14-24)28-15-17-29(18-16-28)26-27-25(19-31-26)22-9-7-21(8-10-22)20-5-3-2-4-6-20/h2-14,19H,15-18H2,1H3. The molecule has 4 aromatic rings. The van der Waals surface area contributed by atoms with E-state index in [0.29, 0.717) is 0 Å². The van der Waals surface area contributed by atoms with Gasteiger partial charge in [-0.3, -0.25) is 0 Å². The Morgan fingerprint density at radius 2 is 1.32 bits per heavy atom. The number of hydrogen-bond donors (Lipinski definition) is 0. The summed E-state index contributed by atoms with van der Waals surface area (Å²) in [6, 6.07) is 27.5. The van der Waals surface area contributed by atoms with Crippen molar-refractivity contribution in [2.24, 2.45) is 0 Å². The van der Waals surface area contributed by atoms with Gasteiger partial charge in [0.1, 0.15) is 5.75 Å². The Hall–Kier alpha value is -3.31. The first kappa shape index (κ1) is 19.6. The lowest BCUT2D eigenvalue weighted by Crippen LogP contribution is -2.46. The Morgan fingerprint density at radius 3 is 2.00 bits per heavy atom. The van der Waals surface area contributed by atoms with Gasteiger partial charge in [0.05, 0.1) is 12.8 Å². The second-order valence-electron chi connectivity index (χ2n) is 7.63. The van der Waals surface area contributed by atoms with Gasteiger partial charge in [0.2, 0.25) is 0 Å². The molecule has 1 saturated heterocycles. The van der Waals surface area contributed by atoms with Gasteiger partial charge in [-0.1, -0.05) is 54.6 Å². The molecular weight excluding hydrogens is 402 g/mol. The van der Waals surface area contributed by atoms with Crippen molar-refractivity contribution >= 4 is 22.2 Å². The van der Waals surface area contributed by atoms with E-state index in [9.17, 15) is 0 Å². The normalized spacial score (nSPS) is 14.0. The van der Waals surface area contributed by atoms with E-state index in [4.69, 9.17) is 9.72 Å². The van der Waals surface area contributed by atoms with Gasteiger partial charge < -0.3 is 14.5 Å². The number of thiazole rings is 1. The molecule has 1 aliphatic rings. The summed E-state index contributed by atoms with van der Waals surface area (Å²) in [5, 5.41) is 3.28. The number of rotatable bonds is 5. The zero-order valence-electron chi connectivity index (χ0n) is 17.6. The summed E-state index contributed by atoms with van der Waals surface area (Å²) in [7, 11) is 1.70. The predicted octanol–water partition coefficient (Wildman–Crippen LogP) is 5.81. The predicted molar refractivity (Wildman–Crippen MR) is 130 cm³/mol. The highest BCUT2D eigenvalue weighted by molar-refractivity contribution is 7.14. The molecule has 5 heteroatoms. The molecule has 0 spiro atoms. The minimum Gasteiger partial charge on any atom is -0.497 e. The van der Waals surface area contributed by atoms with Crippen LogP contribution in [-0.2, 0) is 0 Å². The molecule has 0 amide bonds. The Kier molecular flexibility index (Phi) is 5.59.